The molecular formula is C31H35Cl2N7O5. The molecule has 2 N–H and O–H groups in total. The number of pyridine rings is 1. The van der Waals surface area contributed by atoms with Gasteiger partial charge < -0.3 is 25.0 Å². The van der Waals surface area contributed by atoms with Gasteiger partial charge in [0.15, 0.2) is 5.75 Å². The molecule has 0 unspecified atom stereocenters. The summed E-state index contributed by atoms with van der Waals surface area (Å²) in [6.07, 6.45) is 4.65. The van der Waals surface area contributed by atoms with Gasteiger partial charge in [-0.15, -0.1) is 0 Å². The van der Waals surface area contributed by atoms with Crippen LogP contribution in [0.1, 0.15) is 31.7 Å². The Bertz CT molecular complexity index is 1500. The van der Waals surface area contributed by atoms with E-state index in [2.05, 4.69) is 20.2 Å². The van der Waals surface area contributed by atoms with Crippen LogP contribution in [0, 0.1) is 5.92 Å². The Kier molecular flexibility index (Phi) is 10.7. The summed E-state index contributed by atoms with van der Waals surface area (Å²) in [6, 6.07) is 9.21. The minimum absolute atomic E-state index is 0.000855. The van der Waals surface area contributed by atoms with E-state index in [-0.39, 0.29) is 5.91 Å². The average Bonchev–Trinajstić information content (AvgIpc) is 3.00. The van der Waals surface area contributed by atoms with Crippen LogP contribution in [0.3, 0.4) is 0 Å². The van der Waals surface area contributed by atoms with Gasteiger partial charge in [0.2, 0.25) is 23.6 Å². The van der Waals surface area contributed by atoms with Crippen LogP contribution in [0.5, 0.6) is 11.6 Å². The Morgan fingerprint density at radius 1 is 0.956 bits per heavy atom. The molecule has 4 heterocycles. The molecule has 14 heteroatoms. The number of carboxylic acid groups (broad SMARTS) is 1. The predicted octanol–water partition coefficient (Wildman–Crippen LogP) is 4.11. The molecule has 0 saturated carbocycles. The van der Waals surface area contributed by atoms with Crippen molar-refractivity contribution in [3.8, 4) is 22.9 Å². The lowest BCUT2D eigenvalue weighted by atomic mass is 9.96. The van der Waals surface area contributed by atoms with Crippen LogP contribution in [0.4, 0.5) is 5.95 Å². The average molecular weight is 657 g/mol. The summed E-state index contributed by atoms with van der Waals surface area (Å²) in [5.74, 6) is 0.217. The van der Waals surface area contributed by atoms with Crippen molar-refractivity contribution in [1.29, 1.82) is 0 Å². The molecule has 5 rings (SSSR count). The SMILES string of the molecule is CC(=O)NCC1CCN(Cc2cc(Oc3cnc(N4CCN(C(=O)CC(=O)O)CC4)nc3)nc(-c3cc(Cl)cc(Cl)c3)c2)CC1. The summed E-state index contributed by atoms with van der Waals surface area (Å²) in [4.78, 5) is 53.7. The molecule has 2 aliphatic heterocycles. The van der Waals surface area contributed by atoms with E-state index in [0.717, 1.165) is 37.1 Å². The van der Waals surface area contributed by atoms with Crippen molar-refractivity contribution >= 4 is 46.9 Å². The van der Waals surface area contributed by atoms with E-state index in [0.29, 0.717) is 78.5 Å². The number of benzene rings is 1. The number of halogens is 2. The van der Waals surface area contributed by atoms with Gasteiger partial charge in [0.25, 0.3) is 0 Å². The lowest BCUT2D eigenvalue weighted by Crippen LogP contribution is -2.49. The minimum Gasteiger partial charge on any atom is -0.481 e. The number of anilines is 1. The molecule has 45 heavy (non-hydrogen) atoms. The molecular weight excluding hydrogens is 621 g/mol. The summed E-state index contributed by atoms with van der Waals surface area (Å²) in [6.45, 7) is 6.56. The van der Waals surface area contributed by atoms with Gasteiger partial charge in [0.1, 0.15) is 6.42 Å². The van der Waals surface area contributed by atoms with E-state index in [9.17, 15) is 14.4 Å². The second-order valence-corrected chi connectivity index (χ2v) is 12.1. The monoisotopic (exact) mass is 655 g/mol. The molecule has 12 nitrogen and oxygen atoms in total. The number of piperazine rings is 1. The van der Waals surface area contributed by atoms with Crippen LogP contribution in [0.2, 0.25) is 10.0 Å². The van der Waals surface area contributed by atoms with Crippen LogP contribution in [0.15, 0.2) is 42.7 Å². The number of piperidine rings is 1. The van der Waals surface area contributed by atoms with E-state index >= 15 is 0 Å². The molecule has 2 saturated heterocycles. The Balaban J connectivity index is 1.27. The van der Waals surface area contributed by atoms with Gasteiger partial charge in [-0.05, 0) is 61.7 Å². The second-order valence-electron chi connectivity index (χ2n) is 11.3. The summed E-state index contributed by atoms with van der Waals surface area (Å²) < 4.78 is 6.14. The number of amides is 2. The number of rotatable bonds is 10. The van der Waals surface area contributed by atoms with E-state index < -0.39 is 18.3 Å². The molecule has 0 bridgehead atoms. The maximum atomic E-state index is 12.1. The van der Waals surface area contributed by atoms with Crippen LogP contribution < -0.4 is 15.0 Å². The molecule has 0 spiro atoms. The molecule has 2 aromatic heterocycles. The first kappa shape index (κ1) is 32.4. The predicted molar refractivity (Wildman–Crippen MR) is 170 cm³/mol. The zero-order chi connectivity index (χ0) is 31.9. The first-order valence-electron chi connectivity index (χ1n) is 14.8. The van der Waals surface area contributed by atoms with Gasteiger partial charge >= 0.3 is 5.97 Å². The fourth-order valence-corrected chi connectivity index (χ4v) is 6.02. The highest BCUT2D eigenvalue weighted by Crippen LogP contribution is 2.31. The summed E-state index contributed by atoms with van der Waals surface area (Å²) in [7, 11) is 0. The molecule has 2 amide bonds. The van der Waals surface area contributed by atoms with Crippen LogP contribution >= 0.6 is 23.2 Å². The standard InChI is InChI=1S/C31H35Cl2N7O5/c1-20(41)34-16-21-2-4-38(5-3-21)19-22-10-27(23-12-24(32)14-25(33)13-23)37-28(11-22)45-26-17-35-31(36-18-26)40-8-6-39(7-9-40)29(42)15-30(43)44/h10-14,17-18,21H,2-9,15-16,19H2,1H3,(H,34,41)(H,43,44). The number of hydrogen-bond donors (Lipinski definition) is 2. The van der Waals surface area contributed by atoms with Gasteiger partial charge in [-0.1, -0.05) is 23.2 Å². The first-order chi connectivity index (χ1) is 21.6. The summed E-state index contributed by atoms with van der Waals surface area (Å²) in [5, 5.41) is 12.8. The fourth-order valence-electron chi connectivity index (χ4n) is 5.49. The summed E-state index contributed by atoms with van der Waals surface area (Å²) >= 11 is 12.6. The number of hydrogen-bond acceptors (Lipinski definition) is 9. The van der Waals surface area contributed by atoms with Crippen molar-refractivity contribution in [3.05, 3.63) is 58.3 Å². The van der Waals surface area contributed by atoms with Crippen LogP contribution in [-0.2, 0) is 20.9 Å². The van der Waals surface area contributed by atoms with Gasteiger partial charge in [-0.2, -0.15) is 0 Å². The quantitative estimate of drug-likeness (QED) is 0.307. The highest BCUT2D eigenvalue weighted by atomic mass is 35.5. The fraction of sp³-hybridized carbons (Fsp3) is 0.419. The van der Waals surface area contributed by atoms with Crippen molar-refractivity contribution in [3.63, 3.8) is 0 Å². The number of nitrogens with one attached hydrogen (secondary N) is 1. The zero-order valence-corrected chi connectivity index (χ0v) is 26.4. The molecule has 0 radical (unpaired) electrons. The van der Waals surface area contributed by atoms with Crippen molar-refractivity contribution in [2.24, 2.45) is 5.92 Å². The smallest absolute Gasteiger partial charge is 0.312 e. The minimum atomic E-state index is -1.13. The molecule has 0 atom stereocenters. The number of aromatic nitrogens is 3. The van der Waals surface area contributed by atoms with Crippen molar-refractivity contribution in [1.82, 2.24) is 30.1 Å². The lowest BCUT2D eigenvalue weighted by Gasteiger charge is -2.34. The third kappa shape index (κ3) is 9.25. The summed E-state index contributed by atoms with van der Waals surface area (Å²) in [5.41, 5.74) is 2.44. The molecule has 0 aliphatic carbocycles. The number of nitrogens with zero attached hydrogens (tertiary/aromatic N) is 6. The van der Waals surface area contributed by atoms with E-state index in [1.165, 1.54) is 0 Å². The van der Waals surface area contributed by atoms with Crippen molar-refractivity contribution in [2.45, 2.75) is 32.7 Å². The van der Waals surface area contributed by atoms with Gasteiger partial charge in [0.05, 0.1) is 18.1 Å². The number of aliphatic carboxylic acids is 1. The Morgan fingerprint density at radius 3 is 2.24 bits per heavy atom. The highest BCUT2D eigenvalue weighted by Gasteiger charge is 2.24. The Morgan fingerprint density at radius 2 is 1.62 bits per heavy atom. The molecule has 3 aromatic rings. The van der Waals surface area contributed by atoms with Crippen LogP contribution in [-0.4, -0.2) is 93.5 Å². The van der Waals surface area contributed by atoms with Crippen LogP contribution in [0.25, 0.3) is 11.3 Å². The molecule has 1 aromatic carbocycles. The number of carbonyl (C=O) groups is 3. The highest BCUT2D eigenvalue weighted by molar-refractivity contribution is 6.35. The van der Waals surface area contributed by atoms with E-state index in [1.54, 1.807) is 30.3 Å². The lowest BCUT2D eigenvalue weighted by molar-refractivity contribution is -0.144. The van der Waals surface area contributed by atoms with Crippen molar-refractivity contribution in [2.75, 3.05) is 50.7 Å². The van der Waals surface area contributed by atoms with Crippen molar-refractivity contribution < 1.29 is 24.2 Å². The van der Waals surface area contributed by atoms with Gasteiger partial charge in [0, 0.05) is 67.9 Å². The van der Waals surface area contributed by atoms with Gasteiger partial charge in [-0.25, -0.2) is 15.0 Å². The zero-order valence-electron chi connectivity index (χ0n) is 24.9. The van der Waals surface area contributed by atoms with E-state index in [4.69, 9.17) is 38.0 Å². The second kappa shape index (κ2) is 14.9. The number of carbonyl (C=O) groups excluding carboxylic acids is 2. The Labute approximate surface area is 271 Å². The molecule has 2 aliphatic rings. The molecule has 238 valence electrons. The number of ether oxygens (including phenoxy) is 1. The normalized spacial score (nSPS) is 16.0. The maximum absolute atomic E-state index is 12.1. The van der Waals surface area contributed by atoms with E-state index in [1.807, 2.05) is 29.2 Å². The Hall–Kier alpha value is -4.00. The topological polar surface area (TPSA) is 141 Å². The largest absolute Gasteiger partial charge is 0.481 e. The first-order valence-corrected chi connectivity index (χ1v) is 15.6. The maximum Gasteiger partial charge on any atom is 0.312 e. The molecule has 2 fully saturated rings. The number of likely N-dealkylation sites (tertiary alicyclic amines) is 1. The van der Waals surface area contributed by atoms with Gasteiger partial charge in [-0.3, -0.25) is 19.3 Å². The number of carboxylic acids is 1. The third-order valence-corrected chi connectivity index (χ3v) is 8.26. The third-order valence-electron chi connectivity index (χ3n) is 7.83.